The van der Waals surface area contributed by atoms with Gasteiger partial charge < -0.3 is 0 Å². The van der Waals surface area contributed by atoms with Gasteiger partial charge >= 0.3 is 77.8 Å². The summed E-state index contributed by atoms with van der Waals surface area (Å²) in [4.78, 5) is 2.13. The van der Waals surface area contributed by atoms with Gasteiger partial charge in [-0.15, -0.1) is 0 Å². The van der Waals surface area contributed by atoms with Crippen LogP contribution in [0.3, 0.4) is 0 Å². The van der Waals surface area contributed by atoms with Gasteiger partial charge in [0.2, 0.25) is 0 Å². The summed E-state index contributed by atoms with van der Waals surface area (Å²) in [5.41, 5.74) is 0. The van der Waals surface area contributed by atoms with Crippen molar-refractivity contribution in [2.45, 2.75) is 30.0 Å². The molecule has 0 aromatic carbocycles. The summed E-state index contributed by atoms with van der Waals surface area (Å²) < 4.78 is 19.0. The SMILES string of the molecule is C[I-]C1COC(C(C)C)[C@H]1F. The number of hydrogen-bond acceptors (Lipinski definition) is 1. The molecular formula is C8H15FIO-. The Morgan fingerprint density at radius 1 is 1.55 bits per heavy atom. The van der Waals surface area contributed by atoms with Crippen LogP contribution in [0.5, 0.6) is 0 Å². The fourth-order valence-electron chi connectivity index (χ4n) is 1.34. The second-order valence-electron chi connectivity index (χ2n) is 3.22. The summed E-state index contributed by atoms with van der Waals surface area (Å²) in [6, 6.07) is 0. The zero-order valence-corrected chi connectivity index (χ0v) is 9.34. The minimum atomic E-state index is -0.687. The van der Waals surface area contributed by atoms with Gasteiger partial charge in [0.15, 0.2) is 0 Å². The Bertz CT molecular complexity index is 129. The van der Waals surface area contributed by atoms with E-state index in [2.05, 4.69) is 4.93 Å². The van der Waals surface area contributed by atoms with E-state index in [0.717, 1.165) is 0 Å². The molecule has 3 atom stereocenters. The predicted molar refractivity (Wildman–Crippen MR) is 39.2 cm³/mol. The van der Waals surface area contributed by atoms with Crippen molar-refractivity contribution >= 4 is 0 Å². The Balaban J connectivity index is 2.48. The molecule has 0 saturated carbocycles. The van der Waals surface area contributed by atoms with Crippen molar-refractivity contribution in [1.29, 1.82) is 0 Å². The molecule has 11 heavy (non-hydrogen) atoms. The van der Waals surface area contributed by atoms with E-state index in [4.69, 9.17) is 4.74 Å². The summed E-state index contributed by atoms with van der Waals surface area (Å²) in [6.45, 7) is 4.70. The van der Waals surface area contributed by atoms with Crippen LogP contribution in [0.1, 0.15) is 13.8 Å². The van der Waals surface area contributed by atoms with Gasteiger partial charge in [0.05, 0.1) is 0 Å². The Kier molecular flexibility index (Phi) is 3.55. The molecule has 0 spiro atoms. The molecular weight excluding hydrogens is 258 g/mol. The van der Waals surface area contributed by atoms with Crippen molar-refractivity contribution < 1.29 is 30.3 Å². The summed E-state index contributed by atoms with van der Waals surface area (Å²) in [6.07, 6.45) is -0.813. The molecule has 1 heterocycles. The van der Waals surface area contributed by atoms with E-state index in [1.54, 1.807) is 0 Å². The van der Waals surface area contributed by atoms with Crippen LogP contribution in [0.25, 0.3) is 0 Å². The first kappa shape index (κ1) is 9.71. The van der Waals surface area contributed by atoms with Crippen molar-refractivity contribution in [3.8, 4) is 0 Å². The molecule has 1 fully saturated rings. The van der Waals surface area contributed by atoms with Crippen LogP contribution >= 0.6 is 0 Å². The van der Waals surface area contributed by atoms with E-state index in [9.17, 15) is 4.39 Å². The average molecular weight is 273 g/mol. The summed E-state index contributed by atoms with van der Waals surface area (Å²) in [7, 11) is 0. The molecule has 1 nitrogen and oxygen atoms in total. The van der Waals surface area contributed by atoms with Gasteiger partial charge in [-0.05, 0) is 0 Å². The third kappa shape index (κ3) is 2.05. The Morgan fingerprint density at radius 2 is 2.18 bits per heavy atom. The van der Waals surface area contributed by atoms with Crippen LogP contribution < -0.4 is 21.2 Å². The Morgan fingerprint density at radius 3 is 2.45 bits per heavy atom. The van der Waals surface area contributed by atoms with E-state index in [1.165, 1.54) is 0 Å². The molecule has 1 aliphatic rings. The zero-order valence-electron chi connectivity index (χ0n) is 7.18. The zero-order chi connectivity index (χ0) is 8.43. The third-order valence-corrected chi connectivity index (χ3v) is 4.69. The molecule has 0 radical (unpaired) electrons. The van der Waals surface area contributed by atoms with Crippen LogP contribution in [-0.2, 0) is 4.74 Å². The van der Waals surface area contributed by atoms with Gasteiger partial charge in [-0.3, -0.25) is 0 Å². The van der Waals surface area contributed by atoms with Crippen LogP contribution in [0, 0.1) is 5.92 Å². The van der Waals surface area contributed by atoms with E-state index in [0.29, 0.717) is 12.5 Å². The molecule has 1 aliphatic heterocycles. The summed E-state index contributed by atoms with van der Waals surface area (Å²) >= 11 is 0.0109. The molecule has 0 bridgehead atoms. The molecule has 0 aromatic rings. The maximum atomic E-state index is 13.4. The average Bonchev–Trinajstić information content (AvgIpc) is 2.30. The van der Waals surface area contributed by atoms with Crippen molar-refractivity contribution in [3.63, 3.8) is 0 Å². The number of halogens is 2. The number of hydrogen-bond donors (Lipinski definition) is 0. The van der Waals surface area contributed by atoms with Gasteiger partial charge in [0.1, 0.15) is 0 Å². The number of rotatable bonds is 2. The minimum absolute atomic E-state index is 0.0109. The third-order valence-electron chi connectivity index (χ3n) is 2.04. The quantitative estimate of drug-likeness (QED) is 0.438. The standard InChI is InChI=1S/C8H15FIO/c1-5(2)8-7(9)6(10-3)4-11-8/h5-8H,4H2,1-3H3/q-1/t6?,7-,8?/m0/s1. The number of alkyl halides is 3. The van der Waals surface area contributed by atoms with Crippen LogP contribution in [0.4, 0.5) is 4.39 Å². The van der Waals surface area contributed by atoms with E-state index in [1.807, 2.05) is 13.8 Å². The molecule has 0 aromatic heterocycles. The number of ether oxygens (including phenoxy) is 1. The van der Waals surface area contributed by atoms with Crippen LogP contribution in [0.2, 0.25) is 0 Å². The molecule has 0 N–H and O–H groups in total. The molecule has 2 unspecified atom stereocenters. The predicted octanol–water partition coefficient (Wildman–Crippen LogP) is -1.53. The topological polar surface area (TPSA) is 9.23 Å². The fourth-order valence-corrected chi connectivity index (χ4v) is 3.00. The van der Waals surface area contributed by atoms with Crippen molar-refractivity contribution in [2.24, 2.45) is 5.92 Å². The molecule has 3 heteroatoms. The van der Waals surface area contributed by atoms with Crippen molar-refractivity contribution in [2.75, 3.05) is 11.5 Å². The van der Waals surface area contributed by atoms with Gasteiger partial charge in [-0.2, -0.15) is 0 Å². The first-order valence-electron chi connectivity index (χ1n) is 3.90. The van der Waals surface area contributed by atoms with Crippen molar-refractivity contribution in [3.05, 3.63) is 0 Å². The van der Waals surface area contributed by atoms with Crippen LogP contribution in [-0.4, -0.2) is 27.7 Å². The molecule has 1 saturated heterocycles. The first-order chi connectivity index (χ1) is 5.16. The van der Waals surface area contributed by atoms with E-state index < -0.39 is 6.17 Å². The summed E-state index contributed by atoms with van der Waals surface area (Å²) in [5.74, 6) is 0.325. The summed E-state index contributed by atoms with van der Waals surface area (Å²) in [5, 5.41) is 0. The van der Waals surface area contributed by atoms with E-state index >= 15 is 0 Å². The maximum absolute atomic E-state index is 13.4. The van der Waals surface area contributed by atoms with Crippen LogP contribution in [0.15, 0.2) is 0 Å². The fraction of sp³-hybridized carbons (Fsp3) is 1.00. The van der Waals surface area contributed by atoms with Crippen molar-refractivity contribution in [1.82, 2.24) is 0 Å². The first-order valence-corrected chi connectivity index (χ1v) is 7.30. The van der Waals surface area contributed by atoms with Gasteiger partial charge in [-0.25, -0.2) is 0 Å². The Labute approximate surface area is 78.0 Å². The molecule has 68 valence electrons. The molecule has 0 aliphatic carbocycles. The van der Waals surface area contributed by atoms with Gasteiger partial charge in [-0.1, -0.05) is 0 Å². The Hall–Kier alpha value is 0.620. The van der Waals surface area contributed by atoms with Gasteiger partial charge in [0, 0.05) is 0 Å². The second-order valence-corrected chi connectivity index (χ2v) is 6.07. The second kappa shape index (κ2) is 4.03. The molecule has 0 amide bonds. The molecule has 1 rings (SSSR count). The van der Waals surface area contributed by atoms with Gasteiger partial charge in [0.25, 0.3) is 0 Å². The normalized spacial score (nSPS) is 38.8. The monoisotopic (exact) mass is 273 g/mol. The van der Waals surface area contributed by atoms with E-state index in [-0.39, 0.29) is 31.2 Å².